The van der Waals surface area contributed by atoms with Crippen molar-refractivity contribution in [1.82, 2.24) is 15.5 Å². The van der Waals surface area contributed by atoms with E-state index in [1.165, 1.54) is 58.5 Å². The molecule has 3 heteroatoms. The van der Waals surface area contributed by atoms with E-state index in [1.807, 2.05) is 0 Å². The van der Waals surface area contributed by atoms with Gasteiger partial charge in [0.05, 0.1) is 0 Å². The number of nitrogens with zero attached hydrogens (tertiary/aromatic N) is 1. The molecule has 0 amide bonds. The van der Waals surface area contributed by atoms with Gasteiger partial charge in [-0.2, -0.15) is 0 Å². The van der Waals surface area contributed by atoms with E-state index in [0.29, 0.717) is 0 Å². The van der Waals surface area contributed by atoms with E-state index < -0.39 is 0 Å². The zero-order valence-electron chi connectivity index (χ0n) is 9.97. The fraction of sp³-hybridized carbons (Fsp3) is 1.00. The van der Waals surface area contributed by atoms with Gasteiger partial charge >= 0.3 is 0 Å². The Kier molecular flexibility index (Phi) is 4.42. The Hall–Kier alpha value is -0.120. The highest BCUT2D eigenvalue weighted by Gasteiger charge is 2.19. The largest absolute Gasteiger partial charge is 0.317 e. The van der Waals surface area contributed by atoms with E-state index >= 15 is 0 Å². The Balaban J connectivity index is 1.67. The second kappa shape index (κ2) is 5.83. The topological polar surface area (TPSA) is 27.3 Å². The average Bonchev–Trinajstić information content (AvgIpc) is 2.29. The molecule has 0 saturated carbocycles. The first-order valence-electron chi connectivity index (χ1n) is 6.52. The highest BCUT2D eigenvalue weighted by molar-refractivity contribution is 4.77. The summed E-state index contributed by atoms with van der Waals surface area (Å²) in [6.45, 7) is 9.72. The van der Waals surface area contributed by atoms with Gasteiger partial charge in [0.25, 0.3) is 0 Å². The maximum Gasteiger partial charge on any atom is 0.0192 e. The van der Waals surface area contributed by atoms with Crippen LogP contribution in [0.2, 0.25) is 0 Å². The van der Waals surface area contributed by atoms with Crippen LogP contribution in [0.1, 0.15) is 26.2 Å². The lowest BCUT2D eigenvalue weighted by molar-refractivity contribution is 0.157. The lowest BCUT2D eigenvalue weighted by Gasteiger charge is -2.35. The van der Waals surface area contributed by atoms with Crippen molar-refractivity contribution in [2.75, 3.05) is 39.3 Å². The minimum Gasteiger partial charge on any atom is -0.317 e. The van der Waals surface area contributed by atoms with E-state index in [-0.39, 0.29) is 0 Å². The maximum absolute atomic E-state index is 3.45. The van der Waals surface area contributed by atoms with Gasteiger partial charge in [-0.3, -0.25) is 4.90 Å². The Morgan fingerprint density at radius 3 is 2.67 bits per heavy atom. The summed E-state index contributed by atoms with van der Waals surface area (Å²) in [5, 5.41) is 6.89. The minimum absolute atomic E-state index is 0.737. The molecule has 2 N–H and O–H groups in total. The maximum atomic E-state index is 3.45. The summed E-state index contributed by atoms with van der Waals surface area (Å²) in [5.41, 5.74) is 0. The average molecular weight is 211 g/mol. The van der Waals surface area contributed by atoms with Gasteiger partial charge in [0.15, 0.2) is 0 Å². The lowest BCUT2D eigenvalue weighted by atomic mass is 9.94. The molecule has 88 valence electrons. The third kappa shape index (κ3) is 3.44. The van der Waals surface area contributed by atoms with Gasteiger partial charge in [0.2, 0.25) is 0 Å². The van der Waals surface area contributed by atoms with Crippen molar-refractivity contribution >= 4 is 0 Å². The molecule has 0 aliphatic carbocycles. The lowest BCUT2D eigenvalue weighted by Crippen LogP contribution is -2.50. The van der Waals surface area contributed by atoms with Crippen LogP contribution in [-0.4, -0.2) is 50.2 Å². The van der Waals surface area contributed by atoms with Crippen LogP contribution >= 0.6 is 0 Å². The van der Waals surface area contributed by atoms with Crippen molar-refractivity contribution in [3.05, 3.63) is 0 Å². The summed E-state index contributed by atoms with van der Waals surface area (Å²) in [6, 6.07) is 0.737. The zero-order chi connectivity index (χ0) is 10.5. The molecule has 0 aromatic rings. The minimum atomic E-state index is 0.737. The molecular weight excluding hydrogens is 186 g/mol. The van der Waals surface area contributed by atoms with Gasteiger partial charge in [0.1, 0.15) is 0 Å². The summed E-state index contributed by atoms with van der Waals surface area (Å²) in [7, 11) is 0. The van der Waals surface area contributed by atoms with Crippen LogP contribution < -0.4 is 10.6 Å². The van der Waals surface area contributed by atoms with Crippen molar-refractivity contribution < 1.29 is 0 Å². The second-order valence-electron chi connectivity index (χ2n) is 5.07. The predicted molar refractivity (Wildman–Crippen MR) is 64.1 cm³/mol. The van der Waals surface area contributed by atoms with Crippen LogP contribution in [0.3, 0.4) is 0 Å². The highest BCUT2D eigenvalue weighted by Crippen LogP contribution is 2.17. The Morgan fingerprint density at radius 2 is 1.93 bits per heavy atom. The van der Waals surface area contributed by atoms with Gasteiger partial charge in [0, 0.05) is 25.7 Å². The predicted octanol–water partition coefficient (Wildman–Crippen LogP) is 0.670. The zero-order valence-corrected chi connectivity index (χ0v) is 9.97. The number of hydrogen-bond donors (Lipinski definition) is 2. The molecule has 1 atom stereocenters. The summed E-state index contributed by atoms with van der Waals surface area (Å²) in [6.07, 6.45) is 4.19. The second-order valence-corrected chi connectivity index (χ2v) is 5.07. The van der Waals surface area contributed by atoms with Crippen molar-refractivity contribution in [3.8, 4) is 0 Å². The van der Waals surface area contributed by atoms with Crippen molar-refractivity contribution in [1.29, 1.82) is 0 Å². The fourth-order valence-corrected chi connectivity index (χ4v) is 2.73. The SMILES string of the molecule is C[C@@H]1CNCCN1CCC1CCNCC1. The molecule has 2 aliphatic rings. The van der Waals surface area contributed by atoms with Crippen LogP contribution in [0.25, 0.3) is 0 Å². The third-order valence-corrected chi connectivity index (χ3v) is 3.92. The molecule has 0 aromatic heterocycles. The number of hydrogen-bond acceptors (Lipinski definition) is 3. The standard InChI is InChI=1S/C12H25N3/c1-11-10-14-7-9-15(11)8-4-12-2-5-13-6-3-12/h11-14H,2-10H2,1H3/t11-/m1/s1. The highest BCUT2D eigenvalue weighted by atomic mass is 15.2. The van der Waals surface area contributed by atoms with Crippen molar-refractivity contribution in [2.45, 2.75) is 32.2 Å². The van der Waals surface area contributed by atoms with Crippen LogP contribution in [0.15, 0.2) is 0 Å². The van der Waals surface area contributed by atoms with Gasteiger partial charge in [-0.05, 0) is 51.7 Å². The van der Waals surface area contributed by atoms with E-state index in [9.17, 15) is 0 Å². The van der Waals surface area contributed by atoms with Crippen LogP contribution in [0.5, 0.6) is 0 Å². The Morgan fingerprint density at radius 1 is 1.13 bits per heavy atom. The summed E-state index contributed by atoms with van der Waals surface area (Å²) >= 11 is 0. The molecule has 0 spiro atoms. The molecule has 15 heavy (non-hydrogen) atoms. The molecule has 3 nitrogen and oxygen atoms in total. The molecule has 2 fully saturated rings. The Labute approximate surface area is 93.6 Å². The molecule has 2 aliphatic heterocycles. The molecule has 0 radical (unpaired) electrons. The van der Waals surface area contributed by atoms with E-state index in [0.717, 1.165) is 12.0 Å². The number of nitrogens with one attached hydrogen (secondary N) is 2. The monoisotopic (exact) mass is 211 g/mol. The summed E-state index contributed by atoms with van der Waals surface area (Å²) in [4.78, 5) is 2.65. The summed E-state index contributed by atoms with van der Waals surface area (Å²) in [5.74, 6) is 0.980. The first-order valence-corrected chi connectivity index (χ1v) is 6.52. The van der Waals surface area contributed by atoms with Crippen LogP contribution in [0.4, 0.5) is 0 Å². The molecule has 2 rings (SSSR count). The van der Waals surface area contributed by atoms with Crippen LogP contribution in [0, 0.1) is 5.92 Å². The quantitative estimate of drug-likeness (QED) is 0.718. The molecule has 2 saturated heterocycles. The van der Waals surface area contributed by atoms with Gasteiger partial charge in [-0.15, -0.1) is 0 Å². The molecule has 0 aromatic carbocycles. The van der Waals surface area contributed by atoms with E-state index in [2.05, 4.69) is 22.5 Å². The first-order chi connectivity index (χ1) is 7.36. The van der Waals surface area contributed by atoms with Crippen LogP contribution in [-0.2, 0) is 0 Å². The van der Waals surface area contributed by atoms with Crippen molar-refractivity contribution in [2.24, 2.45) is 5.92 Å². The molecular formula is C12H25N3. The van der Waals surface area contributed by atoms with Crippen molar-refractivity contribution in [3.63, 3.8) is 0 Å². The molecule has 2 heterocycles. The first kappa shape index (κ1) is 11.4. The smallest absolute Gasteiger partial charge is 0.0192 e. The normalized spacial score (nSPS) is 30.6. The van der Waals surface area contributed by atoms with E-state index in [1.54, 1.807) is 0 Å². The third-order valence-electron chi connectivity index (χ3n) is 3.92. The van der Waals surface area contributed by atoms with Gasteiger partial charge in [-0.1, -0.05) is 0 Å². The van der Waals surface area contributed by atoms with E-state index in [4.69, 9.17) is 0 Å². The number of piperazine rings is 1. The molecule has 0 unspecified atom stereocenters. The fourth-order valence-electron chi connectivity index (χ4n) is 2.73. The van der Waals surface area contributed by atoms with Gasteiger partial charge < -0.3 is 10.6 Å². The Bertz CT molecular complexity index is 178. The van der Waals surface area contributed by atoms with Gasteiger partial charge in [-0.25, -0.2) is 0 Å². The number of piperidine rings is 1. The number of rotatable bonds is 3. The molecule has 0 bridgehead atoms. The summed E-state index contributed by atoms with van der Waals surface area (Å²) < 4.78 is 0.